The summed E-state index contributed by atoms with van der Waals surface area (Å²) in [6, 6.07) is 0. The summed E-state index contributed by atoms with van der Waals surface area (Å²) in [6.45, 7) is 0. The van der Waals surface area contributed by atoms with E-state index in [0.717, 1.165) is 0 Å². The van der Waals surface area contributed by atoms with E-state index in [1.54, 1.807) is 0 Å². The monoisotopic (exact) mass is 181 g/mol. The molecule has 0 aliphatic carbocycles. The Morgan fingerprint density at radius 2 is 1.91 bits per heavy atom. The van der Waals surface area contributed by atoms with Gasteiger partial charge in [-0.1, -0.05) is 0 Å². The maximum atomic E-state index is 10.4. The molecule has 66 valence electrons. The standard InChI is InChI=1S/C6H11NO3.ClH/c1-10-6(9)4-2-3-5(7)8;/h2-4H2,1H3,(H2,7,8);1H. The SMILES string of the molecule is COC(=O)CCCC(N)=O.Cl. The number of rotatable bonds is 4. The van der Waals surface area contributed by atoms with Gasteiger partial charge in [-0.15, -0.1) is 12.4 Å². The van der Waals surface area contributed by atoms with Gasteiger partial charge in [0.05, 0.1) is 7.11 Å². The molecule has 0 aromatic carbocycles. The third-order valence-corrected chi connectivity index (χ3v) is 1.03. The molecule has 0 unspecified atom stereocenters. The van der Waals surface area contributed by atoms with E-state index in [-0.39, 0.29) is 37.1 Å². The largest absolute Gasteiger partial charge is 0.469 e. The van der Waals surface area contributed by atoms with Crippen molar-refractivity contribution < 1.29 is 14.3 Å². The van der Waals surface area contributed by atoms with E-state index < -0.39 is 0 Å². The summed E-state index contributed by atoms with van der Waals surface area (Å²) in [5.41, 5.74) is 4.83. The number of amides is 1. The Hall–Kier alpha value is -0.770. The van der Waals surface area contributed by atoms with Crippen LogP contribution in [-0.4, -0.2) is 19.0 Å². The van der Waals surface area contributed by atoms with Gasteiger partial charge in [0, 0.05) is 12.8 Å². The first-order valence-corrected chi connectivity index (χ1v) is 3.02. The molecule has 11 heavy (non-hydrogen) atoms. The van der Waals surface area contributed by atoms with Gasteiger partial charge >= 0.3 is 5.97 Å². The molecule has 0 heterocycles. The average Bonchev–Trinajstić information content (AvgIpc) is 1.87. The van der Waals surface area contributed by atoms with E-state index in [4.69, 9.17) is 5.73 Å². The van der Waals surface area contributed by atoms with Crippen LogP contribution in [0.2, 0.25) is 0 Å². The van der Waals surface area contributed by atoms with E-state index in [0.29, 0.717) is 6.42 Å². The molecule has 0 saturated heterocycles. The van der Waals surface area contributed by atoms with Gasteiger partial charge in [-0.3, -0.25) is 9.59 Å². The van der Waals surface area contributed by atoms with E-state index in [2.05, 4.69) is 4.74 Å². The molecule has 0 atom stereocenters. The second kappa shape index (κ2) is 7.34. The smallest absolute Gasteiger partial charge is 0.305 e. The first kappa shape index (κ1) is 12.9. The predicted octanol–water partition coefficient (Wildman–Crippen LogP) is 0.237. The predicted molar refractivity (Wildman–Crippen MR) is 42.3 cm³/mol. The highest BCUT2D eigenvalue weighted by Crippen LogP contribution is 1.95. The topological polar surface area (TPSA) is 69.4 Å². The first-order valence-electron chi connectivity index (χ1n) is 3.02. The maximum Gasteiger partial charge on any atom is 0.305 e. The summed E-state index contributed by atoms with van der Waals surface area (Å²) < 4.78 is 4.34. The number of methoxy groups -OCH3 is 1. The number of esters is 1. The van der Waals surface area contributed by atoms with Crippen molar-refractivity contribution in [3.8, 4) is 0 Å². The molecule has 0 aromatic heterocycles. The summed E-state index contributed by atoms with van der Waals surface area (Å²) in [6.07, 6.45) is 0.983. The van der Waals surface area contributed by atoms with Crippen LogP contribution in [0.15, 0.2) is 0 Å². The van der Waals surface area contributed by atoms with E-state index in [1.165, 1.54) is 7.11 Å². The van der Waals surface area contributed by atoms with Crippen LogP contribution in [0.4, 0.5) is 0 Å². The molecule has 5 heteroatoms. The Bertz CT molecular complexity index is 138. The van der Waals surface area contributed by atoms with Crippen LogP contribution >= 0.6 is 12.4 Å². The zero-order chi connectivity index (χ0) is 7.98. The number of hydrogen-bond acceptors (Lipinski definition) is 3. The summed E-state index contributed by atoms with van der Waals surface area (Å²) in [4.78, 5) is 20.6. The van der Waals surface area contributed by atoms with Gasteiger partial charge in [0.2, 0.25) is 5.91 Å². The number of hydrogen-bond donors (Lipinski definition) is 1. The average molecular weight is 182 g/mol. The Morgan fingerprint density at radius 3 is 2.27 bits per heavy atom. The Morgan fingerprint density at radius 1 is 1.36 bits per heavy atom. The number of carbonyl (C=O) groups excluding carboxylic acids is 2. The zero-order valence-corrected chi connectivity index (χ0v) is 7.15. The van der Waals surface area contributed by atoms with Crippen LogP contribution < -0.4 is 5.73 Å². The summed E-state index contributed by atoms with van der Waals surface area (Å²) in [5.74, 6) is -0.690. The molecular formula is C6H12ClNO3. The number of primary amides is 1. The fraction of sp³-hybridized carbons (Fsp3) is 0.667. The number of ether oxygens (including phenoxy) is 1. The van der Waals surface area contributed by atoms with Crippen molar-refractivity contribution in [2.75, 3.05) is 7.11 Å². The van der Waals surface area contributed by atoms with Crippen LogP contribution in [0.3, 0.4) is 0 Å². The third kappa shape index (κ3) is 9.23. The molecule has 0 fully saturated rings. The lowest BCUT2D eigenvalue weighted by Gasteiger charge is -1.95. The molecule has 0 aliphatic heterocycles. The lowest BCUT2D eigenvalue weighted by Crippen LogP contribution is -2.11. The lowest BCUT2D eigenvalue weighted by atomic mass is 10.2. The van der Waals surface area contributed by atoms with Gasteiger partial charge in [0.1, 0.15) is 0 Å². The first-order chi connectivity index (χ1) is 4.66. The minimum absolute atomic E-state index is 0. The Kier molecular flexibility index (Phi) is 8.58. The molecule has 0 radical (unpaired) electrons. The molecule has 0 aromatic rings. The lowest BCUT2D eigenvalue weighted by molar-refractivity contribution is -0.140. The fourth-order valence-corrected chi connectivity index (χ4v) is 0.509. The number of halogens is 1. The molecule has 4 nitrogen and oxygen atoms in total. The molecular weight excluding hydrogens is 170 g/mol. The van der Waals surface area contributed by atoms with Crippen LogP contribution in [0.5, 0.6) is 0 Å². The van der Waals surface area contributed by atoms with Crippen molar-refractivity contribution in [1.29, 1.82) is 0 Å². The maximum absolute atomic E-state index is 10.4. The zero-order valence-electron chi connectivity index (χ0n) is 6.33. The Balaban J connectivity index is 0. The highest BCUT2D eigenvalue weighted by Gasteiger charge is 2.00. The van der Waals surface area contributed by atoms with Crippen molar-refractivity contribution in [2.45, 2.75) is 19.3 Å². The molecule has 0 rings (SSSR count). The van der Waals surface area contributed by atoms with E-state index in [9.17, 15) is 9.59 Å². The molecule has 0 saturated carbocycles. The highest BCUT2D eigenvalue weighted by atomic mass is 35.5. The fourth-order valence-electron chi connectivity index (χ4n) is 0.509. The van der Waals surface area contributed by atoms with Gasteiger partial charge in [0.25, 0.3) is 0 Å². The molecule has 0 bridgehead atoms. The van der Waals surface area contributed by atoms with Crippen molar-refractivity contribution in [1.82, 2.24) is 0 Å². The quantitative estimate of drug-likeness (QED) is 0.632. The van der Waals surface area contributed by atoms with Crippen LogP contribution in [0, 0.1) is 0 Å². The second-order valence-corrected chi connectivity index (χ2v) is 1.90. The van der Waals surface area contributed by atoms with Crippen LogP contribution in [-0.2, 0) is 14.3 Å². The molecule has 0 aliphatic rings. The normalized spacial score (nSPS) is 8.09. The van der Waals surface area contributed by atoms with Gasteiger partial charge < -0.3 is 10.5 Å². The second-order valence-electron chi connectivity index (χ2n) is 1.90. The summed E-state index contributed by atoms with van der Waals surface area (Å²) >= 11 is 0. The van der Waals surface area contributed by atoms with Crippen LogP contribution in [0.1, 0.15) is 19.3 Å². The van der Waals surface area contributed by atoms with Crippen molar-refractivity contribution in [3.63, 3.8) is 0 Å². The van der Waals surface area contributed by atoms with Crippen molar-refractivity contribution >= 4 is 24.3 Å². The number of nitrogens with two attached hydrogens (primary N) is 1. The third-order valence-electron chi connectivity index (χ3n) is 1.03. The number of carbonyl (C=O) groups is 2. The van der Waals surface area contributed by atoms with Gasteiger partial charge in [-0.05, 0) is 6.42 Å². The minimum Gasteiger partial charge on any atom is -0.469 e. The molecule has 0 spiro atoms. The van der Waals surface area contributed by atoms with Crippen LogP contribution in [0.25, 0.3) is 0 Å². The summed E-state index contributed by atoms with van der Waals surface area (Å²) in [7, 11) is 1.31. The van der Waals surface area contributed by atoms with E-state index >= 15 is 0 Å². The molecule has 1 amide bonds. The molecule has 2 N–H and O–H groups in total. The summed E-state index contributed by atoms with van der Waals surface area (Å²) in [5, 5.41) is 0. The minimum atomic E-state index is -0.385. The van der Waals surface area contributed by atoms with Crippen molar-refractivity contribution in [3.05, 3.63) is 0 Å². The van der Waals surface area contributed by atoms with Gasteiger partial charge in [0.15, 0.2) is 0 Å². The van der Waals surface area contributed by atoms with Gasteiger partial charge in [-0.25, -0.2) is 0 Å². The van der Waals surface area contributed by atoms with Crippen molar-refractivity contribution in [2.24, 2.45) is 5.73 Å². The van der Waals surface area contributed by atoms with Gasteiger partial charge in [-0.2, -0.15) is 0 Å². The van der Waals surface area contributed by atoms with E-state index in [1.807, 2.05) is 0 Å². The highest BCUT2D eigenvalue weighted by molar-refractivity contribution is 5.85. The Labute approximate surface area is 71.5 Å².